The molecule has 0 aliphatic heterocycles. The molecule has 0 saturated heterocycles. The van der Waals surface area contributed by atoms with Gasteiger partial charge in [0.15, 0.2) is 24.1 Å². The van der Waals surface area contributed by atoms with E-state index in [-0.39, 0.29) is 18.4 Å². The van der Waals surface area contributed by atoms with E-state index in [1.165, 1.54) is 0 Å². The molecule has 0 heterocycles. The van der Waals surface area contributed by atoms with Gasteiger partial charge in [-0.25, -0.2) is 0 Å². The van der Waals surface area contributed by atoms with Gasteiger partial charge in [-0.2, -0.15) is 0 Å². The average Bonchev–Trinajstić information content (AvgIpc) is 2.72. The molecule has 0 aliphatic rings. The summed E-state index contributed by atoms with van der Waals surface area (Å²) in [4.78, 5) is 25.8. The number of amides is 2. The fraction of sp³-hybridized carbons (Fsp3) is 0.364. The predicted molar refractivity (Wildman–Crippen MR) is 124 cm³/mol. The van der Waals surface area contributed by atoms with Gasteiger partial charge >= 0.3 is 0 Å². The van der Waals surface area contributed by atoms with Crippen LogP contribution in [0.25, 0.3) is 0 Å². The van der Waals surface area contributed by atoms with Gasteiger partial charge in [0.2, 0.25) is 0 Å². The van der Waals surface area contributed by atoms with Crippen molar-refractivity contribution in [1.29, 1.82) is 0 Å². The number of carbonyl (C=O) groups excluding carboxylic acids is 2. The minimum atomic E-state index is -0.500. The molecule has 2 aromatic carbocycles. The predicted octanol–water partition coefficient (Wildman–Crippen LogP) is 3.27. The van der Waals surface area contributed by atoms with E-state index in [4.69, 9.17) is 32.7 Å². The maximum absolute atomic E-state index is 12.6. The van der Waals surface area contributed by atoms with Crippen LogP contribution in [0, 0.1) is 0 Å². The normalized spacial score (nSPS) is 12.6. The molecule has 168 valence electrons. The molecule has 9 heteroatoms. The summed E-state index contributed by atoms with van der Waals surface area (Å²) in [6.07, 6.45) is 0. The minimum Gasteiger partial charge on any atom is -0.490 e. The lowest BCUT2D eigenvalue weighted by molar-refractivity contribution is -0.885. The number of ether oxygens (including phenoxy) is 2. The molecule has 0 bridgehead atoms. The van der Waals surface area contributed by atoms with E-state index in [9.17, 15) is 9.59 Å². The van der Waals surface area contributed by atoms with Crippen molar-refractivity contribution in [3.8, 4) is 11.5 Å². The van der Waals surface area contributed by atoms with Crippen molar-refractivity contribution < 1.29 is 24.0 Å². The number of hydrogen-bond donors (Lipinski definition) is 3. The molecule has 7 nitrogen and oxygen atoms in total. The van der Waals surface area contributed by atoms with Crippen LogP contribution in [-0.4, -0.2) is 44.7 Å². The molecule has 1 unspecified atom stereocenters. The lowest BCUT2D eigenvalue weighted by Gasteiger charge is -2.21. The Hall–Kier alpha value is -2.48. The standard InChI is InChI=1S/C22H27Cl2N3O4/c1-5-30-19-10-8-16(12-20(19)31-6-2)25-21(28)13-27(4)14(3)22(29)26-18-11-15(23)7-9-17(18)24/h7-12,14H,5-6,13H2,1-4H3,(H,25,28)(H,26,29)/p+1/t14-/m0/s1. The van der Waals surface area contributed by atoms with Gasteiger partial charge in [0.25, 0.3) is 11.8 Å². The van der Waals surface area contributed by atoms with Crippen LogP contribution in [0.15, 0.2) is 36.4 Å². The minimum absolute atomic E-state index is 0.0923. The first-order valence-corrected chi connectivity index (χ1v) is 10.8. The lowest BCUT2D eigenvalue weighted by Crippen LogP contribution is -3.14. The first kappa shape index (κ1) is 24.8. The van der Waals surface area contributed by atoms with Crippen molar-refractivity contribution in [1.82, 2.24) is 0 Å². The van der Waals surface area contributed by atoms with E-state index < -0.39 is 6.04 Å². The summed E-state index contributed by atoms with van der Waals surface area (Å²) in [6, 6.07) is 9.56. The third-order valence-electron chi connectivity index (χ3n) is 4.59. The Kier molecular flexibility index (Phi) is 9.43. The van der Waals surface area contributed by atoms with Crippen LogP contribution in [0.2, 0.25) is 10.0 Å². The van der Waals surface area contributed by atoms with Crippen molar-refractivity contribution in [2.45, 2.75) is 26.8 Å². The number of anilines is 2. The summed E-state index contributed by atoms with van der Waals surface area (Å²) in [5.74, 6) is 0.683. The molecule has 0 radical (unpaired) electrons. The van der Waals surface area contributed by atoms with E-state index in [1.807, 2.05) is 13.8 Å². The van der Waals surface area contributed by atoms with E-state index in [0.29, 0.717) is 51.0 Å². The van der Waals surface area contributed by atoms with Crippen LogP contribution in [0.5, 0.6) is 11.5 Å². The van der Waals surface area contributed by atoms with Gasteiger partial charge in [0, 0.05) is 16.8 Å². The number of nitrogens with one attached hydrogen (secondary N) is 3. The quantitative estimate of drug-likeness (QED) is 0.499. The molecular weight excluding hydrogens is 441 g/mol. The van der Waals surface area contributed by atoms with Crippen molar-refractivity contribution in [2.75, 3.05) is 37.4 Å². The van der Waals surface area contributed by atoms with Gasteiger partial charge in [-0.05, 0) is 51.1 Å². The van der Waals surface area contributed by atoms with Crippen LogP contribution in [0.4, 0.5) is 11.4 Å². The zero-order valence-corrected chi connectivity index (χ0v) is 19.6. The Morgan fingerprint density at radius 3 is 2.35 bits per heavy atom. The smallest absolute Gasteiger partial charge is 0.282 e. The van der Waals surface area contributed by atoms with Crippen LogP contribution in [0.3, 0.4) is 0 Å². The van der Waals surface area contributed by atoms with E-state index in [0.717, 1.165) is 0 Å². The first-order chi connectivity index (χ1) is 14.7. The number of benzene rings is 2. The Balaban J connectivity index is 1.97. The summed E-state index contributed by atoms with van der Waals surface area (Å²) in [6.45, 7) is 6.59. The van der Waals surface area contributed by atoms with Crippen LogP contribution in [0.1, 0.15) is 20.8 Å². The van der Waals surface area contributed by atoms with Gasteiger partial charge in [-0.15, -0.1) is 0 Å². The number of likely N-dealkylation sites (N-methyl/N-ethyl adjacent to an activating group) is 1. The fourth-order valence-corrected chi connectivity index (χ4v) is 3.14. The SMILES string of the molecule is CCOc1ccc(NC(=O)C[NH+](C)[C@@H](C)C(=O)Nc2cc(Cl)ccc2Cl)cc1OCC. The maximum atomic E-state index is 12.6. The summed E-state index contributed by atoms with van der Waals surface area (Å²) in [5.41, 5.74) is 1.02. The van der Waals surface area contributed by atoms with Crippen LogP contribution in [-0.2, 0) is 9.59 Å². The maximum Gasteiger partial charge on any atom is 0.282 e. The van der Waals surface area contributed by atoms with Gasteiger partial charge in [0.05, 0.1) is 31.0 Å². The molecule has 3 N–H and O–H groups in total. The van der Waals surface area contributed by atoms with Crippen molar-refractivity contribution in [2.24, 2.45) is 0 Å². The monoisotopic (exact) mass is 468 g/mol. The highest BCUT2D eigenvalue weighted by Crippen LogP contribution is 2.30. The molecule has 0 aromatic heterocycles. The second-order valence-electron chi connectivity index (χ2n) is 6.93. The highest BCUT2D eigenvalue weighted by atomic mass is 35.5. The molecule has 31 heavy (non-hydrogen) atoms. The summed E-state index contributed by atoms with van der Waals surface area (Å²) in [7, 11) is 1.77. The Morgan fingerprint density at radius 2 is 1.68 bits per heavy atom. The molecular formula is C22H28Cl2N3O4+. The van der Waals surface area contributed by atoms with Gasteiger partial charge < -0.3 is 25.0 Å². The molecule has 0 aliphatic carbocycles. The molecule has 2 amide bonds. The number of carbonyl (C=O) groups is 2. The summed E-state index contributed by atoms with van der Waals surface area (Å²) >= 11 is 12.1. The number of quaternary nitrogens is 1. The third kappa shape index (κ3) is 7.31. The summed E-state index contributed by atoms with van der Waals surface area (Å²) in [5, 5.41) is 6.45. The number of rotatable bonds is 10. The molecule has 2 aromatic rings. The highest BCUT2D eigenvalue weighted by molar-refractivity contribution is 6.35. The zero-order chi connectivity index (χ0) is 23.0. The van der Waals surface area contributed by atoms with Crippen LogP contribution >= 0.6 is 23.2 Å². The van der Waals surface area contributed by atoms with Crippen molar-refractivity contribution >= 4 is 46.4 Å². The fourth-order valence-electron chi connectivity index (χ4n) is 2.80. The Bertz CT molecular complexity index is 924. The topological polar surface area (TPSA) is 81.1 Å². The molecule has 2 atom stereocenters. The Morgan fingerprint density at radius 1 is 1.00 bits per heavy atom. The summed E-state index contributed by atoms with van der Waals surface area (Å²) < 4.78 is 11.1. The van der Waals surface area contributed by atoms with Gasteiger partial charge in [0.1, 0.15) is 0 Å². The lowest BCUT2D eigenvalue weighted by atomic mass is 10.2. The highest BCUT2D eigenvalue weighted by Gasteiger charge is 2.25. The van der Waals surface area contributed by atoms with E-state index in [1.54, 1.807) is 50.4 Å². The number of hydrogen-bond acceptors (Lipinski definition) is 4. The zero-order valence-electron chi connectivity index (χ0n) is 18.1. The van der Waals surface area contributed by atoms with Gasteiger partial charge in [-0.3, -0.25) is 9.59 Å². The van der Waals surface area contributed by atoms with E-state index in [2.05, 4.69) is 10.6 Å². The molecule has 0 saturated carbocycles. The Labute approximate surface area is 192 Å². The number of halogens is 2. The third-order valence-corrected chi connectivity index (χ3v) is 5.15. The van der Waals surface area contributed by atoms with Crippen LogP contribution < -0.4 is 25.0 Å². The van der Waals surface area contributed by atoms with Gasteiger partial charge in [-0.1, -0.05) is 23.2 Å². The molecule has 2 rings (SSSR count). The second kappa shape index (κ2) is 11.8. The molecule has 0 fully saturated rings. The molecule has 0 spiro atoms. The van der Waals surface area contributed by atoms with Crippen molar-refractivity contribution in [3.63, 3.8) is 0 Å². The average molecular weight is 469 g/mol. The first-order valence-electron chi connectivity index (χ1n) is 10.0. The van der Waals surface area contributed by atoms with E-state index >= 15 is 0 Å². The largest absolute Gasteiger partial charge is 0.490 e. The van der Waals surface area contributed by atoms with Crippen molar-refractivity contribution in [3.05, 3.63) is 46.4 Å². The second-order valence-corrected chi connectivity index (χ2v) is 7.78.